The highest BCUT2D eigenvalue weighted by atomic mass is 79.9. The molecule has 1 heterocycles. The van der Waals surface area contributed by atoms with E-state index >= 15 is 0 Å². The van der Waals surface area contributed by atoms with E-state index in [0.29, 0.717) is 33.4 Å². The van der Waals surface area contributed by atoms with Gasteiger partial charge in [-0.05, 0) is 66.7 Å². The van der Waals surface area contributed by atoms with E-state index in [-0.39, 0.29) is 17.4 Å². The Morgan fingerprint density at radius 2 is 1.68 bits per heavy atom. The van der Waals surface area contributed by atoms with Crippen LogP contribution in [0.3, 0.4) is 0 Å². The Morgan fingerprint density at radius 1 is 0.894 bits per heavy atom. The second kappa shape index (κ2) is 16.1. The van der Waals surface area contributed by atoms with Gasteiger partial charge in [0, 0.05) is 37.1 Å². The first-order chi connectivity index (χ1) is 22.8. The van der Waals surface area contributed by atoms with Crippen molar-refractivity contribution >= 4 is 73.6 Å². The lowest BCUT2D eigenvalue weighted by Gasteiger charge is -2.13. The number of ether oxygens (including phenoxy) is 2. The molecule has 0 bridgehead atoms. The summed E-state index contributed by atoms with van der Waals surface area (Å²) in [5.41, 5.74) is 3.14. The van der Waals surface area contributed by atoms with E-state index in [1.807, 2.05) is 35.7 Å². The van der Waals surface area contributed by atoms with Crippen molar-refractivity contribution in [3.63, 3.8) is 0 Å². The lowest BCUT2D eigenvalue weighted by atomic mass is 10.1. The number of nitrogens with zero attached hydrogens (tertiary/aromatic N) is 1. The zero-order valence-electron chi connectivity index (χ0n) is 25.3. The predicted octanol–water partition coefficient (Wildman–Crippen LogP) is 7.73. The Labute approximate surface area is 288 Å². The third kappa shape index (κ3) is 9.32. The Hall–Kier alpha value is -4.91. The summed E-state index contributed by atoms with van der Waals surface area (Å²) in [6.45, 7) is 0. The molecule has 5 aromatic rings. The smallest absolute Gasteiger partial charge is 0.272 e. The van der Waals surface area contributed by atoms with E-state index in [1.54, 1.807) is 66.7 Å². The van der Waals surface area contributed by atoms with E-state index in [4.69, 9.17) is 9.47 Å². The number of anilines is 2. The highest BCUT2D eigenvalue weighted by Crippen LogP contribution is 2.28. The fraction of sp³-hybridized carbons (Fsp3) is 0.0857. The zero-order valence-corrected chi connectivity index (χ0v) is 28.5. The van der Waals surface area contributed by atoms with E-state index in [1.165, 1.54) is 43.4 Å². The van der Waals surface area contributed by atoms with Crippen LogP contribution < -0.4 is 25.4 Å². The van der Waals surface area contributed by atoms with Gasteiger partial charge in [-0.3, -0.25) is 14.4 Å². The monoisotopic (exact) mass is 728 g/mol. The first kappa shape index (κ1) is 33.5. The van der Waals surface area contributed by atoms with Crippen LogP contribution in [0, 0.1) is 0 Å². The molecule has 238 valence electrons. The van der Waals surface area contributed by atoms with Crippen LogP contribution in [0.15, 0.2) is 118 Å². The molecule has 1 aromatic heterocycles. The van der Waals surface area contributed by atoms with Crippen molar-refractivity contribution in [3.8, 4) is 22.8 Å². The number of carbonyl (C=O) groups excluding carboxylic acids is 3. The summed E-state index contributed by atoms with van der Waals surface area (Å²) >= 11 is 6.10. The average Bonchev–Trinajstić information content (AvgIpc) is 3.56. The second-order valence-electron chi connectivity index (χ2n) is 9.85. The number of methoxy groups -OCH3 is 2. The highest BCUT2D eigenvalue weighted by molar-refractivity contribution is 9.10. The topological polar surface area (TPSA) is 119 Å². The summed E-state index contributed by atoms with van der Waals surface area (Å²) in [6, 6.07) is 28.7. The lowest BCUT2D eigenvalue weighted by Crippen LogP contribution is -2.30. The molecule has 3 N–H and O–H groups in total. The van der Waals surface area contributed by atoms with Gasteiger partial charge in [0.1, 0.15) is 17.2 Å². The summed E-state index contributed by atoms with van der Waals surface area (Å²) in [7, 11) is 3.05. The van der Waals surface area contributed by atoms with E-state index in [9.17, 15) is 14.4 Å². The molecule has 5 rings (SSSR count). The molecule has 3 amide bonds. The lowest BCUT2D eigenvalue weighted by molar-refractivity contribution is -0.114. The summed E-state index contributed by atoms with van der Waals surface area (Å²) in [4.78, 5) is 44.7. The number of thiazole rings is 1. The van der Waals surface area contributed by atoms with Crippen LogP contribution in [-0.2, 0) is 9.59 Å². The van der Waals surface area contributed by atoms with Crippen LogP contribution in [-0.4, -0.2) is 42.7 Å². The molecule has 0 aliphatic rings. The second-order valence-corrected chi connectivity index (χ2v) is 12.7. The van der Waals surface area contributed by atoms with Gasteiger partial charge >= 0.3 is 0 Å². The van der Waals surface area contributed by atoms with Crippen molar-refractivity contribution in [3.05, 3.63) is 124 Å². The number of carbonyl (C=O) groups is 3. The number of nitrogens with one attached hydrogen (secondary N) is 3. The standard InChI is InChI=1S/C35H29BrN4O5S2/c1-44-27-15-16-31(45-2)24(17-27)18-29(38-33(42)23-7-4-3-5-8-23)34(43)37-26-9-6-10-28(19-26)46-21-32(41)40-35-39-30(20-47-35)22-11-13-25(36)14-12-22/h3-20H,21H2,1-2H3,(H,37,43)(H,38,42)(H,39,40,41)/b29-18+. The molecule has 4 aromatic carbocycles. The third-order valence-corrected chi connectivity index (χ3v) is 8.90. The quantitative estimate of drug-likeness (QED) is 0.0889. The third-order valence-electron chi connectivity index (χ3n) is 6.62. The van der Waals surface area contributed by atoms with Gasteiger partial charge in [0.25, 0.3) is 11.8 Å². The zero-order chi connectivity index (χ0) is 33.2. The number of hydrogen-bond acceptors (Lipinski definition) is 8. The number of thioether (sulfide) groups is 1. The van der Waals surface area contributed by atoms with E-state index in [0.717, 1.165) is 20.6 Å². The molecule has 0 atom stereocenters. The number of rotatable bonds is 12. The van der Waals surface area contributed by atoms with Crippen LogP contribution in [0.1, 0.15) is 15.9 Å². The van der Waals surface area contributed by atoms with Gasteiger partial charge in [0.05, 0.1) is 25.7 Å². The summed E-state index contributed by atoms with van der Waals surface area (Å²) < 4.78 is 11.8. The van der Waals surface area contributed by atoms with Crippen molar-refractivity contribution in [1.29, 1.82) is 0 Å². The minimum absolute atomic E-state index is 0.00575. The number of benzene rings is 4. The largest absolute Gasteiger partial charge is 0.497 e. The Bertz CT molecular complexity index is 1910. The number of halogens is 1. The van der Waals surface area contributed by atoms with Crippen molar-refractivity contribution < 1.29 is 23.9 Å². The number of hydrogen-bond donors (Lipinski definition) is 3. The molecule has 0 saturated carbocycles. The van der Waals surface area contributed by atoms with Gasteiger partial charge in [0.15, 0.2) is 5.13 Å². The maximum Gasteiger partial charge on any atom is 0.272 e. The summed E-state index contributed by atoms with van der Waals surface area (Å²) in [5.74, 6) is -0.0257. The SMILES string of the molecule is COc1ccc(OC)c(/C=C(/NC(=O)c2ccccc2)C(=O)Nc2cccc(SCC(=O)Nc3nc(-c4ccc(Br)cc4)cs3)c2)c1. The molecular weight excluding hydrogens is 700 g/mol. The van der Waals surface area contributed by atoms with Crippen molar-refractivity contribution in [2.24, 2.45) is 0 Å². The minimum atomic E-state index is -0.551. The molecule has 12 heteroatoms. The van der Waals surface area contributed by atoms with Crippen LogP contribution in [0.25, 0.3) is 17.3 Å². The first-order valence-electron chi connectivity index (χ1n) is 14.2. The van der Waals surface area contributed by atoms with Gasteiger partial charge in [-0.1, -0.05) is 52.3 Å². The van der Waals surface area contributed by atoms with Crippen LogP contribution >= 0.6 is 39.0 Å². The van der Waals surface area contributed by atoms with Gasteiger partial charge in [0.2, 0.25) is 5.91 Å². The van der Waals surface area contributed by atoms with E-state index < -0.39 is 11.8 Å². The normalized spacial score (nSPS) is 11.0. The van der Waals surface area contributed by atoms with Gasteiger partial charge < -0.3 is 25.4 Å². The molecule has 47 heavy (non-hydrogen) atoms. The fourth-order valence-electron chi connectivity index (χ4n) is 4.30. The van der Waals surface area contributed by atoms with Crippen LogP contribution in [0.2, 0.25) is 0 Å². The molecular formula is C35H29BrN4O5S2. The maximum absolute atomic E-state index is 13.6. The maximum atomic E-state index is 13.6. The first-order valence-corrected chi connectivity index (χ1v) is 16.8. The predicted molar refractivity (Wildman–Crippen MR) is 191 cm³/mol. The molecule has 0 unspecified atom stereocenters. The molecule has 0 fully saturated rings. The Morgan fingerprint density at radius 3 is 2.43 bits per heavy atom. The summed E-state index contributed by atoms with van der Waals surface area (Å²) in [6.07, 6.45) is 1.53. The molecule has 0 aliphatic carbocycles. The number of aromatic nitrogens is 1. The molecule has 0 aliphatic heterocycles. The molecule has 0 radical (unpaired) electrons. The van der Waals surface area contributed by atoms with Crippen LogP contribution in [0.4, 0.5) is 10.8 Å². The average molecular weight is 730 g/mol. The Balaban J connectivity index is 1.27. The van der Waals surface area contributed by atoms with Gasteiger partial charge in [-0.2, -0.15) is 0 Å². The Kier molecular flexibility index (Phi) is 11.4. The van der Waals surface area contributed by atoms with Crippen molar-refractivity contribution in [2.75, 3.05) is 30.6 Å². The van der Waals surface area contributed by atoms with Gasteiger partial charge in [-0.25, -0.2) is 4.98 Å². The van der Waals surface area contributed by atoms with E-state index in [2.05, 4.69) is 36.9 Å². The molecule has 9 nitrogen and oxygen atoms in total. The number of amides is 3. The molecule has 0 saturated heterocycles. The fourth-order valence-corrected chi connectivity index (χ4v) is 6.06. The summed E-state index contributed by atoms with van der Waals surface area (Å²) in [5, 5.41) is 10.8. The highest BCUT2D eigenvalue weighted by Gasteiger charge is 2.17. The van der Waals surface area contributed by atoms with Crippen molar-refractivity contribution in [1.82, 2.24) is 10.3 Å². The van der Waals surface area contributed by atoms with Crippen molar-refractivity contribution in [2.45, 2.75) is 4.90 Å². The van der Waals surface area contributed by atoms with Gasteiger partial charge in [-0.15, -0.1) is 23.1 Å². The minimum Gasteiger partial charge on any atom is -0.497 e. The van der Waals surface area contributed by atoms with Crippen LogP contribution in [0.5, 0.6) is 11.5 Å². The molecule has 0 spiro atoms.